The van der Waals surface area contributed by atoms with Gasteiger partial charge >= 0.3 is 74.4 Å². The van der Waals surface area contributed by atoms with Crippen LogP contribution in [0.25, 0.3) is 0 Å². The molecule has 0 spiro atoms. The van der Waals surface area contributed by atoms with Crippen LogP contribution in [0.2, 0.25) is 0 Å². The molecule has 0 bridgehead atoms. The molecule has 2 nitrogen and oxygen atoms in total. The fourth-order valence-corrected chi connectivity index (χ4v) is 2.35. The molecule has 0 saturated heterocycles. The molecule has 1 aromatic rings. The summed E-state index contributed by atoms with van der Waals surface area (Å²) in [7, 11) is 1.67. The molecule has 0 aromatic heterocycles. The van der Waals surface area contributed by atoms with Crippen molar-refractivity contribution >= 4 is 20.1 Å². The van der Waals surface area contributed by atoms with Crippen LogP contribution in [0.3, 0.4) is 0 Å². The minimum absolute atomic E-state index is 0.900. The van der Waals surface area contributed by atoms with E-state index in [4.69, 9.17) is 8.68 Å². The SMILES string of the molecule is COc1cccc(I(C)N)c1. The Morgan fingerprint density at radius 3 is 2.73 bits per heavy atom. The van der Waals surface area contributed by atoms with Crippen molar-refractivity contribution in [3.8, 4) is 5.75 Å². The molecular formula is C8H12INO. The average Bonchev–Trinajstić information content (AvgIpc) is 2.05. The van der Waals surface area contributed by atoms with Crippen molar-refractivity contribution < 1.29 is 4.74 Å². The van der Waals surface area contributed by atoms with Gasteiger partial charge in [-0.1, -0.05) is 0 Å². The zero-order chi connectivity index (χ0) is 8.27. The van der Waals surface area contributed by atoms with Crippen molar-refractivity contribution in [2.24, 2.45) is 3.95 Å². The summed E-state index contributed by atoms with van der Waals surface area (Å²) in [6, 6.07) is 8.00. The van der Waals surface area contributed by atoms with Gasteiger partial charge in [0.1, 0.15) is 0 Å². The Morgan fingerprint density at radius 2 is 2.18 bits per heavy atom. The number of hydrogen-bond donors (Lipinski definition) is 1. The first-order chi connectivity index (χ1) is 5.24. The first kappa shape index (κ1) is 8.80. The fraction of sp³-hybridized carbons (Fsp3) is 0.250. The van der Waals surface area contributed by atoms with Crippen LogP contribution in [0.4, 0.5) is 0 Å². The summed E-state index contributed by atoms with van der Waals surface area (Å²) in [6.45, 7) is 0. The van der Waals surface area contributed by atoms with Crippen molar-refractivity contribution in [3.63, 3.8) is 0 Å². The van der Waals surface area contributed by atoms with Gasteiger partial charge < -0.3 is 0 Å². The van der Waals surface area contributed by atoms with Crippen molar-refractivity contribution in [3.05, 3.63) is 27.8 Å². The molecule has 3 heteroatoms. The third-order valence-corrected chi connectivity index (χ3v) is 4.01. The third-order valence-electron chi connectivity index (χ3n) is 1.38. The molecule has 0 aliphatic rings. The summed E-state index contributed by atoms with van der Waals surface area (Å²) in [5.41, 5.74) is 0. The van der Waals surface area contributed by atoms with Gasteiger partial charge in [-0.15, -0.1) is 0 Å². The Balaban J connectivity index is 2.91. The van der Waals surface area contributed by atoms with Gasteiger partial charge in [0.05, 0.1) is 0 Å². The molecule has 1 aromatic carbocycles. The van der Waals surface area contributed by atoms with Crippen LogP contribution < -0.4 is 8.68 Å². The summed E-state index contributed by atoms with van der Waals surface area (Å²) < 4.78 is 12.2. The zero-order valence-corrected chi connectivity index (χ0v) is 8.83. The second-order valence-electron chi connectivity index (χ2n) is 2.18. The second kappa shape index (κ2) is 3.92. The summed E-state index contributed by atoms with van der Waals surface area (Å²) in [5.74, 6) is 0.900. The first-order valence-corrected chi connectivity index (χ1v) is 7.70. The Labute approximate surface area is 74.5 Å². The molecule has 0 aliphatic carbocycles. The molecule has 0 fully saturated rings. The Bertz CT molecular complexity index is 237. The normalized spacial score (nSPS) is 11.0. The van der Waals surface area contributed by atoms with Gasteiger partial charge in [-0.25, -0.2) is 0 Å². The Morgan fingerprint density at radius 1 is 1.45 bits per heavy atom. The van der Waals surface area contributed by atoms with Crippen LogP contribution in [0.1, 0.15) is 0 Å². The van der Waals surface area contributed by atoms with Crippen LogP contribution >= 0.6 is 20.1 Å². The first-order valence-electron chi connectivity index (χ1n) is 3.22. The number of benzene rings is 1. The van der Waals surface area contributed by atoms with E-state index in [0.29, 0.717) is 0 Å². The summed E-state index contributed by atoms with van der Waals surface area (Å²) in [5, 5.41) is 0. The maximum atomic E-state index is 5.84. The van der Waals surface area contributed by atoms with E-state index in [1.165, 1.54) is 3.57 Å². The van der Waals surface area contributed by atoms with Crippen LogP contribution in [0.5, 0.6) is 5.75 Å². The molecule has 0 atom stereocenters. The Kier molecular flexibility index (Phi) is 3.14. The van der Waals surface area contributed by atoms with Crippen molar-refractivity contribution in [2.45, 2.75) is 0 Å². The molecule has 0 amide bonds. The topological polar surface area (TPSA) is 35.2 Å². The summed E-state index contributed by atoms with van der Waals surface area (Å²) in [6.07, 6.45) is 0. The quantitative estimate of drug-likeness (QED) is 0.503. The van der Waals surface area contributed by atoms with E-state index in [9.17, 15) is 0 Å². The predicted molar refractivity (Wildman–Crippen MR) is 55.8 cm³/mol. The minimum atomic E-state index is -1.31. The summed E-state index contributed by atoms with van der Waals surface area (Å²) >= 11 is -1.31. The maximum absolute atomic E-state index is 5.84. The van der Waals surface area contributed by atoms with Crippen LogP contribution in [0.15, 0.2) is 24.3 Å². The third kappa shape index (κ3) is 2.34. The van der Waals surface area contributed by atoms with Gasteiger partial charge in [0.2, 0.25) is 0 Å². The monoisotopic (exact) mass is 265 g/mol. The van der Waals surface area contributed by atoms with Crippen LogP contribution in [0, 0.1) is 3.57 Å². The van der Waals surface area contributed by atoms with Gasteiger partial charge in [-0.3, -0.25) is 0 Å². The predicted octanol–water partition coefficient (Wildman–Crippen LogP) is 1.87. The van der Waals surface area contributed by atoms with Gasteiger partial charge in [0, 0.05) is 0 Å². The number of methoxy groups -OCH3 is 1. The zero-order valence-electron chi connectivity index (χ0n) is 6.67. The molecule has 11 heavy (non-hydrogen) atoms. The van der Waals surface area contributed by atoms with E-state index in [0.717, 1.165) is 5.75 Å². The Hall–Kier alpha value is -0.290. The van der Waals surface area contributed by atoms with Gasteiger partial charge in [-0.2, -0.15) is 0 Å². The number of halogens is 1. The van der Waals surface area contributed by atoms with E-state index in [1.807, 2.05) is 18.2 Å². The number of nitrogens with two attached hydrogens (primary N) is 1. The second-order valence-corrected chi connectivity index (χ2v) is 6.37. The molecule has 62 valence electrons. The number of hydrogen-bond acceptors (Lipinski definition) is 2. The molecule has 1 rings (SSSR count). The fourth-order valence-electron chi connectivity index (χ4n) is 0.779. The number of rotatable bonds is 2. The summed E-state index contributed by atoms with van der Waals surface area (Å²) in [4.78, 5) is 2.11. The van der Waals surface area contributed by atoms with E-state index in [1.54, 1.807) is 7.11 Å². The van der Waals surface area contributed by atoms with Crippen molar-refractivity contribution in [1.82, 2.24) is 0 Å². The standard InChI is InChI=1S/C8H12INO/c1-9(10)7-4-3-5-8(6-7)11-2/h3-6H,10H2,1-2H3. The molecule has 2 N–H and O–H groups in total. The number of ether oxygens (including phenoxy) is 1. The number of alkyl halides is 1. The molecule has 0 heterocycles. The molecular weight excluding hydrogens is 253 g/mol. The van der Waals surface area contributed by atoms with Gasteiger partial charge in [0.25, 0.3) is 0 Å². The molecule has 0 saturated carbocycles. The van der Waals surface area contributed by atoms with Crippen LogP contribution in [-0.4, -0.2) is 12.0 Å². The van der Waals surface area contributed by atoms with Crippen molar-refractivity contribution in [2.75, 3.05) is 12.0 Å². The molecule has 0 aliphatic heterocycles. The average molecular weight is 265 g/mol. The van der Waals surface area contributed by atoms with E-state index in [2.05, 4.69) is 11.0 Å². The van der Waals surface area contributed by atoms with Gasteiger partial charge in [0.15, 0.2) is 0 Å². The van der Waals surface area contributed by atoms with Crippen LogP contribution in [-0.2, 0) is 0 Å². The van der Waals surface area contributed by atoms with Gasteiger partial charge in [-0.05, 0) is 0 Å². The van der Waals surface area contributed by atoms with E-state index >= 15 is 0 Å². The molecule has 0 radical (unpaired) electrons. The van der Waals surface area contributed by atoms with E-state index in [-0.39, 0.29) is 0 Å². The van der Waals surface area contributed by atoms with E-state index < -0.39 is 20.1 Å². The molecule has 0 unspecified atom stereocenters. The van der Waals surface area contributed by atoms with Crippen molar-refractivity contribution in [1.29, 1.82) is 0 Å².